The van der Waals surface area contributed by atoms with E-state index in [0.717, 1.165) is 48.0 Å². The topological polar surface area (TPSA) is 58.1 Å². The molecule has 5 nitrogen and oxygen atoms in total. The van der Waals surface area contributed by atoms with Gasteiger partial charge in [0.05, 0.1) is 10.4 Å². The van der Waals surface area contributed by atoms with Crippen molar-refractivity contribution in [2.24, 2.45) is 0 Å². The van der Waals surface area contributed by atoms with Crippen LogP contribution in [-0.2, 0) is 9.84 Å². The number of hydrogen-bond donors (Lipinski definition) is 1. The highest BCUT2D eigenvalue weighted by molar-refractivity contribution is 7.91. The summed E-state index contributed by atoms with van der Waals surface area (Å²) in [6.07, 6.45) is 4.40. The van der Waals surface area contributed by atoms with E-state index in [1.807, 2.05) is 41.0 Å². The van der Waals surface area contributed by atoms with E-state index in [9.17, 15) is 8.42 Å². The highest BCUT2D eigenvalue weighted by Crippen LogP contribution is 2.36. The lowest BCUT2D eigenvalue weighted by atomic mass is 9.89. The zero-order valence-electron chi connectivity index (χ0n) is 19.1. The minimum absolute atomic E-state index is 0.288. The fourth-order valence-corrected chi connectivity index (χ4v) is 6.72. The third-order valence-electron chi connectivity index (χ3n) is 7.12. The third-order valence-corrected chi connectivity index (χ3v) is 8.86. The quantitative estimate of drug-likeness (QED) is 0.364. The predicted octanol–water partition coefficient (Wildman–Crippen LogP) is 5.75. The van der Waals surface area contributed by atoms with Gasteiger partial charge >= 0.3 is 0 Å². The van der Waals surface area contributed by atoms with Gasteiger partial charge in [-0.1, -0.05) is 36.4 Å². The van der Waals surface area contributed by atoms with Crippen LogP contribution in [0.2, 0.25) is 0 Å². The fraction of sp³-hybridized carbons (Fsp3) is 0.214. The van der Waals surface area contributed by atoms with Gasteiger partial charge in [0.25, 0.3) is 0 Å². The van der Waals surface area contributed by atoms with Gasteiger partial charge in [0.1, 0.15) is 5.03 Å². The Balaban J connectivity index is 1.55. The smallest absolute Gasteiger partial charge is 0.222 e. The molecular formula is C28H27N3O2S. The highest BCUT2D eigenvalue weighted by Gasteiger charge is 2.26. The van der Waals surface area contributed by atoms with Crippen LogP contribution in [0.4, 0.5) is 0 Å². The molecule has 0 atom stereocenters. The summed E-state index contributed by atoms with van der Waals surface area (Å²) in [7, 11) is -1.53. The van der Waals surface area contributed by atoms with Crippen molar-refractivity contribution in [1.82, 2.24) is 14.5 Å². The maximum Gasteiger partial charge on any atom is 0.222 e. The van der Waals surface area contributed by atoms with Gasteiger partial charge in [0, 0.05) is 28.2 Å². The standard InChI is InChI=1S/C28H27N3O2S/c1-30-15-13-20(14-16-30)25-19-29-26-12-11-22(18-24(25)26)31-27-10-6-5-7-21(27)17-28(31)34(32,33)23-8-3-2-4-9-23/h2-12,17-20,29H,13-16H2,1H3. The second-order valence-corrected chi connectivity index (χ2v) is 11.1. The molecule has 0 unspecified atom stereocenters. The Labute approximate surface area is 199 Å². The zero-order chi connectivity index (χ0) is 23.3. The van der Waals surface area contributed by atoms with E-state index in [1.165, 1.54) is 10.9 Å². The lowest BCUT2D eigenvalue weighted by Crippen LogP contribution is -2.29. The van der Waals surface area contributed by atoms with E-state index in [1.54, 1.807) is 30.3 Å². The van der Waals surface area contributed by atoms with Crippen LogP contribution >= 0.6 is 0 Å². The molecule has 1 fully saturated rings. The summed E-state index contributed by atoms with van der Waals surface area (Å²) in [4.78, 5) is 6.11. The van der Waals surface area contributed by atoms with Crippen LogP contribution < -0.4 is 0 Å². The molecule has 6 rings (SSSR count). The number of para-hydroxylation sites is 1. The molecule has 1 aliphatic rings. The second kappa shape index (κ2) is 8.15. The molecule has 1 N–H and O–H groups in total. The fourth-order valence-electron chi connectivity index (χ4n) is 5.24. The summed E-state index contributed by atoms with van der Waals surface area (Å²) >= 11 is 0. The number of sulfone groups is 1. The summed E-state index contributed by atoms with van der Waals surface area (Å²) in [6, 6.07) is 24.5. The molecule has 1 saturated heterocycles. The van der Waals surface area contributed by atoms with E-state index in [0.29, 0.717) is 10.8 Å². The van der Waals surface area contributed by atoms with Gasteiger partial charge in [-0.05, 0) is 86.9 Å². The third kappa shape index (κ3) is 3.45. The maximum absolute atomic E-state index is 13.7. The molecule has 2 aromatic heterocycles. The molecule has 0 spiro atoms. The van der Waals surface area contributed by atoms with E-state index in [-0.39, 0.29) is 5.03 Å². The van der Waals surface area contributed by atoms with Gasteiger partial charge < -0.3 is 9.88 Å². The molecular weight excluding hydrogens is 442 g/mol. The Hall–Kier alpha value is -3.35. The minimum atomic E-state index is -3.71. The van der Waals surface area contributed by atoms with Gasteiger partial charge in [0.15, 0.2) is 0 Å². The van der Waals surface area contributed by atoms with Crippen LogP contribution in [-0.4, -0.2) is 43.0 Å². The molecule has 3 aromatic carbocycles. The van der Waals surface area contributed by atoms with Crippen LogP contribution in [0.5, 0.6) is 0 Å². The second-order valence-electron chi connectivity index (χ2n) is 9.24. The number of benzene rings is 3. The molecule has 6 heteroatoms. The first-order valence-electron chi connectivity index (χ1n) is 11.7. The summed E-state index contributed by atoms with van der Waals surface area (Å²) in [5.41, 5.74) is 4.15. The lowest BCUT2D eigenvalue weighted by Gasteiger charge is -2.28. The number of likely N-dealkylation sites (tertiary alicyclic amines) is 1. The van der Waals surface area contributed by atoms with Crippen molar-refractivity contribution in [2.75, 3.05) is 20.1 Å². The Morgan fingerprint density at radius 2 is 1.62 bits per heavy atom. The van der Waals surface area contributed by atoms with Crippen LogP contribution in [0, 0.1) is 0 Å². The van der Waals surface area contributed by atoms with Gasteiger partial charge in [-0.25, -0.2) is 8.42 Å². The molecule has 0 amide bonds. The number of nitrogens with one attached hydrogen (secondary N) is 1. The largest absolute Gasteiger partial charge is 0.361 e. The van der Waals surface area contributed by atoms with Crippen molar-refractivity contribution < 1.29 is 8.42 Å². The van der Waals surface area contributed by atoms with Gasteiger partial charge in [-0.15, -0.1) is 0 Å². The van der Waals surface area contributed by atoms with Crippen molar-refractivity contribution in [1.29, 1.82) is 0 Å². The van der Waals surface area contributed by atoms with Crippen LogP contribution in [0.15, 0.2) is 95.0 Å². The van der Waals surface area contributed by atoms with E-state index in [2.05, 4.69) is 35.3 Å². The first-order chi connectivity index (χ1) is 16.5. The molecule has 0 bridgehead atoms. The SMILES string of the molecule is CN1CCC(c2c[nH]c3ccc(-n4c(S(=O)(=O)c5ccccc5)cc5ccccc54)cc23)CC1. The number of rotatable bonds is 4. The summed E-state index contributed by atoms with van der Waals surface area (Å²) in [6.45, 7) is 2.19. The molecule has 5 aromatic rings. The van der Waals surface area contributed by atoms with Crippen molar-refractivity contribution in [2.45, 2.75) is 28.7 Å². The average Bonchev–Trinajstić information content (AvgIpc) is 3.47. The normalized spacial score (nSPS) is 15.9. The predicted molar refractivity (Wildman–Crippen MR) is 136 cm³/mol. The summed E-state index contributed by atoms with van der Waals surface area (Å²) in [5, 5.41) is 2.37. The summed E-state index contributed by atoms with van der Waals surface area (Å²) < 4.78 is 29.3. The molecule has 0 aliphatic carbocycles. The molecule has 0 radical (unpaired) electrons. The minimum Gasteiger partial charge on any atom is -0.361 e. The van der Waals surface area contributed by atoms with E-state index >= 15 is 0 Å². The number of aromatic nitrogens is 2. The molecule has 1 aliphatic heterocycles. The Bertz CT molecular complexity index is 1590. The number of piperidine rings is 1. The van der Waals surface area contributed by atoms with Crippen molar-refractivity contribution in [3.05, 3.63) is 90.6 Å². The van der Waals surface area contributed by atoms with Crippen LogP contribution in [0.25, 0.3) is 27.5 Å². The summed E-state index contributed by atoms with van der Waals surface area (Å²) in [5.74, 6) is 0.508. The van der Waals surface area contributed by atoms with Gasteiger partial charge in [-0.2, -0.15) is 0 Å². The Kier molecular flexibility index (Phi) is 5.08. The van der Waals surface area contributed by atoms with Crippen molar-refractivity contribution in [3.8, 4) is 5.69 Å². The van der Waals surface area contributed by atoms with Crippen molar-refractivity contribution in [3.63, 3.8) is 0 Å². The zero-order valence-corrected chi connectivity index (χ0v) is 19.9. The molecule has 34 heavy (non-hydrogen) atoms. The Morgan fingerprint density at radius 3 is 2.41 bits per heavy atom. The molecule has 3 heterocycles. The molecule has 0 saturated carbocycles. The van der Waals surface area contributed by atoms with E-state index in [4.69, 9.17) is 0 Å². The lowest BCUT2D eigenvalue weighted by molar-refractivity contribution is 0.256. The maximum atomic E-state index is 13.7. The number of aromatic amines is 1. The average molecular weight is 470 g/mol. The van der Waals surface area contributed by atoms with Gasteiger partial charge in [-0.3, -0.25) is 4.57 Å². The molecule has 172 valence electrons. The highest BCUT2D eigenvalue weighted by atomic mass is 32.2. The number of H-pyrrole nitrogens is 1. The first kappa shape index (κ1) is 21.2. The van der Waals surface area contributed by atoms with E-state index < -0.39 is 9.84 Å². The number of hydrogen-bond acceptors (Lipinski definition) is 3. The van der Waals surface area contributed by atoms with Crippen LogP contribution in [0.3, 0.4) is 0 Å². The van der Waals surface area contributed by atoms with Gasteiger partial charge in [0.2, 0.25) is 9.84 Å². The number of fused-ring (bicyclic) bond motifs is 2. The first-order valence-corrected chi connectivity index (χ1v) is 13.2. The number of nitrogens with zero attached hydrogens (tertiary/aromatic N) is 2. The monoisotopic (exact) mass is 469 g/mol. The Morgan fingerprint density at radius 1 is 0.882 bits per heavy atom. The van der Waals surface area contributed by atoms with Crippen molar-refractivity contribution >= 4 is 31.6 Å². The van der Waals surface area contributed by atoms with Crippen LogP contribution in [0.1, 0.15) is 24.3 Å².